The second-order valence-corrected chi connectivity index (χ2v) is 13.1. The lowest BCUT2D eigenvalue weighted by molar-refractivity contribution is -0.108. The van der Waals surface area contributed by atoms with Crippen molar-refractivity contribution >= 4 is 0 Å². The van der Waals surface area contributed by atoms with Gasteiger partial charge in [0.25, 0.3) is 0 Å². The van der Waals surface area contributed by atoms with Gasteiger partial charge in [0, 0.05) is 30.2 Å². The molecule has 48 heavy (non-hydrogen) atoms. The molecule has 0 fully saturated rings. The van der Waals surface area contributed by atoms with E-state index in [2.05, 4.69) is 32.9 Å². The molecule has 1 unspecified atom stereocenters. The smallest absolute Gasteiger partial charge is 0.167 e. The van der Waals surface area contributed by atoms with Crippen molar-refractivity contribution in [3.8, 4) is 45.7 Å². The van der Waals surface area contributed by atoms with Crippen LogP contribution in [0.5, 0.6) is 11.5 Å². The molecule has 0 aliphatic heterocycles. The Kier molecular flexibility index (Phi) is 14.8. The van der Waals surface area contributed by atoms with E-state index >= 15 is 0 Å². The zero-order chi connectivity index (χ0) is 34.3. The zero-order valence-corrected chi connectivity index (χ0v) is 29.7. The van der Waals surface area contributed by atoms with Crippen LogP contribution in [0.2, 0.25) is 0 Å². The molecule has 0 bridgehead atoms. The van der Waals surface area contributed by atoms with Crippen molar-refractivity contribution in [1.29, 1.82) is 0 Å². The van der Waals surface area contributed by atoms with Crippen LogP contribution in [-0.4, -0.2) is 44.7 Å². The predicted molar refractivity (Wildman–Crippen MR) is 195 cm³/mol. The average Bonchev–Trinajstić information content (AvgIpc) is 3.05. The van der Waals surface area contributed by atoms with E-state index < -0.39 is 6.29 Å². The lowest BCUT2D eigenvalue weighted by Crippen LogP contribution is -2.16. The fourth-order valence-corrected chi connectivity index (χ4v) is 6.00. The molecule has 3 aromatic carbocycles. The van der Waals surface area contributed by atoms with Gasteiger partial charge in [0.05, 0.1) is 12.2 Å². The minimum Gasteiger partial charge on any atom is -0.507 e. The van der Waals surface area contributed by atoms with Gasteiger partial charge in [0.2, 0.25) is 0 Å². The highest BCUT2D eigenvalue weighted by Crippen LogP contribution is 2.34. The van der Waals surface area contributed by atoms with Gasteiger partial charge in [0.1, 0.15) is 11.5 Å². The van der Waals surface area contributed by atoms with Crippen LogP contribution in [-0.2, 0) is 4.74 Å². The molecule has 0 amide bonds. The molecule has 0 aliphatic rings. The number of nitrogens with zero attached hydrogens (tertiary/aromatic N) is 3. The molecule has 1 heterocycles. The Labute approximate surface area is 287 Å². The fraction of sp³-hybridized carbons (Fsp3) is 0.488. The number of aryl methyl sites for hydroxylation is 4. The summed E-state index contributed by atoms with van der Waals surface area (Å²) in [6.07, 6.45) is 13.5. The normalized spacial score (nSPS) is 12.0. The number of unbranched alkanes of at least 4 members (excludes halogenated alkanes) is 10. The Morgan fingerprint density at radius 1 is 0.583 bits per heavy atom. The van der Waals surface area contributed by atoms with E-state index in [1.807, 2.05) is 38.1 Å². The highest BCUT2D eigenvalue weighted by molar-refractivity contribution is 5.72. The number of phenolic OH excluding ortho intramolecular Hbond substituents is 1. The van der Waals surface area contributed by atoms with Gasteiger partial charge in [-0.15, -0.1) is 0 Å². The molecule has 1 aromatic heterocycles. The molecule has 0 saturated carbocycles. The first-order valence-electron chi connectivity index (χ1n) is 17.9. The molecular weight excluding hydrogens is 598 g/mol. The summed E-state index contributed by atoms with van der Waals surface area (Å²) < 4.78 is 11.4. The Morgan fingerprint density at radius 3 is 1.56 bits per heavy atom. The van der Waals surface area contributed by atoms with Crippen molar-refractivity contribution in [3.05, 3.63) is 76.9 Å². The topological polar surface area (TPSA) is 97.6 Å². The average molecular weight is 654 g/mol. The highest BCUT2D eigenvalue weighted by Gasteiger charge is 2.17. The SMILES string of the molecule is CCCCCCCCCCCCCOC(O)CCOc1ccc(-c2nc(-c3ccc(C)cc3C)nc(-c3ccc(C)cc3C)n2)c(O)c1. The third-order valence-electron chi connectivity index (χ3n) is 8.78. The van der Waals surface area contributed by atoms with Gasteiger partial charge in [-0.25, -0.2) is 15.0 Å². The van der Waals surface area contributed by atoms with E-state index in [1.165, 1.54) is 57.8 Å². The largest absolute Gasteiger partial charge is 0.507 e. The molecule has 258 valence electrons. The number of rotatable bonds is 20. The molecular formula is C41H55N3O4. The van der Waals surface area contributed by atoms with Crippen LogP contribution in [0.1, 0.15) is 106 Å². The van der Waals surface area contributed by atoms with Crippen LogP contribution in [0.3, 0.4) is 0 Å². The fourth-order valence-electron chi connectivity index (χ4n) is 6.00. The molecule has 0 spiro atoms. The summed E-state index contributed by atoms with van der Waals surface area (Å²) in [7, 11) is 0. The molecule has 7 heteroatoms. The monoisotopic (exact) mass is 653 g/mol. The van der Waals surface area contributed by atoms with Crippen LogP contribution in [0.4, 0.5) is 0 Å². The predicted octanol–water partition coefficient (Wildman–Crippen LogP) is 10.2. The summed E-state index contributed by atoms with van der Waals surface area (Å²) in [4.78, 5) is 14.5. The molecule has 0 radical (unpaired) electrons. The Bertz CT molecular complexity index is 1520. The second-order valence-electron chi connectivity index (χ2n) is 13.1. The molecule has 4 rings (SSSR count). The second kappa shape index (κ2) is 19.3. The molecule has 4 aromatic rings. The molecule has 0 aliphatic carbocycles. The van der Waals surface area contributed by atoms with Crippen LogP contribution in [0.25, 0.3) is 34.2 Å². The number of benzene rings is 3. The van der Waals surface area contributed by atoms with Crippen LogP contribution in [0.15, 0.2) is 54.6 Å². The van der Waals surface area contributed by atoms with Gasteiger partial charge in [-0.05, 0) is 57.4 Å². The van der Waals surface area contributed by atoms with E-state index in [0.717, 1.165) is 46.2 Å². The maximum atomic E-state index is 11.1. The van der Waals surface area contributed by atoms with Gasteiger partial charge in [-0.1, -0.05) is 119 Å². The number of aromatic hydroxyl groups is 1. The van der Waals surface area contributed by atoms with Gasteiger partial charge >= 0.3 is 0 Å². The maximum Gasteiger partial charge on any atom is 0.167 e. The van der Waals surface area contributed by atoms with Crippen molar-refractivity contribution in [2.75, 3.05) is 13.2 Å². The van der Waals surface area contributed by atoms with Crippen LogP contribution < -0.4 is 4.74 Å². The standard InChI is InChI=1S/C41H55N3O4/c1-6-7-8-9-10-11-12-13-14-15-16-24-48-38(46)23-25-47-33-19-22-36(37(45)28-33)41-43-39(34-20-17-29(2)26-31(34)4)42-40(44-41)35-21-18-30(3)27-32(35)5/h17-22,26-28,38,45-46H,6-16,23-25H2,1-5H3. The first-order valence-corrected chi connectivity index (χ1v) is 17.9. The lowest BCUT2D eigenvalue weighted by atomic mass is 10.0. The Balaban J connectivity index is 1.31. The summed E-state index contributed by atoms with van der Waals surface area (Å²) in [5, 5.41) is 21.4. The number of aliphatic hydroxyl groups is 1. The van der Waals surface area contributed by atoms with E-state index in [9.17, 15) is 10.2 Å². The number of ether oxygens (including phenoxy) is 2. The summed E-state index contributed by atoms with van der Waals surface area (Å²) >= 11 is 0. The van der Waals surface area contributed by atoms with E-state index in [1.54, 1.807) is 18.2 Å². The third-order valence-corrected chi connectivity index (χ3v) is 8.78. The summed E-state index contributed by atoms with van der Waals surface area (Å²) in [5.74, 6) is 1.98. The van der Waals surface area contributed by atoms with Gasteiger partial charge in [0.15, 0.2) is 23.8 Å². The minimum atomic E-state index is -0.876. The maximum absolute atomic E-state index is 11.1. The van der Waals surface area contributed by atoms with Crippen molar-refractivity contribution in [2.45, 2.75) is 118 Å². The van der Waals surface area contributed by atoms with Gasteiger partial charge in [-0.2, -0.15) is 0 Å². The van der Waals surface area contributed by atoms with E-state index in [0.29, 0.717) is 41.8 Å². The summed E-state index contributed by atoms with van der Waals surface area (Å²) in [5.41, 5.74) is 6.78. The van der Waals surface area contributed by atoms with E-state index in [-0.39, 0.29) is 12.4 Å². The Hall–Kier alpha value is -3.81. The van der Waals surface area contributed by atoms with Crippen LogP contribution in [0, 0.1) is 27.7 Å². The van der Waals surface area contributed by atoms with Crippen LogP contribution >= 0.6 is 0 Å². The number of hydrogen-bond donors (Lipinski definition) is 2. The van der Waals surface area contributed by atoms with Crippen molar-refractivity contribution < 1.29 is 19.7 Å². The first-order chi connectivity index (χ1) is 23.2. The van der Waals surface area contributed by atoms with Crippen molar-refractivity contribution in [1.82, 2.24) is 15.0 Å². The first kappa shape index (κ1) is 37.0. The highest BCUT2D eigenvalue weighted by atomic mass is 16.6. The number of aromatic nitrogens is 3. The third kappa shape index (κ3) is 11.4. The van der Waals surface area contributed by atoms with Gasteiger partial charge in [-0.3, -0.25) is 0 Å². The van der Waals surface area contributed by atoms with Crippen molar-refractivity contribution in [2.24, 2.45) is 0 Å². The molecule has 7 nitrogen and oxygen atoms in total. The van der Waals surface area contributed by atoms with E-state index in [4.69, 9.17) is 24.4 Å². The van der Waals surface area contributed by atoms with Crippen molar-refractivity contribution in [3.63, 3.8) is 0 Å². The Morgan fingerprint density at radius 2 is 1.06 bits per heavy atom. The molecule has 2 N–H and O–H groups in total. The number of hydrogen-bond acceptors (Lipinski definition) is 7. The van der Waals surface area contributed by atoms with Gasteiger partial charge < -0.3 is 19.7 Å². The number of aliphatic hydroxyl groups excluding tert-OH is 1. The molecule has 0 saturated heterocycles. The lowest BCUT2D eigenvalue weighted by Gasteiger charge is -2.14. The summed E-state index contributed by atoms with van der Waals surface area (Å²) in [6.45, 7) is 11.3. The summed E-state index contributed by atoms with van der Waals surface area (Å²) in [6, 6.07) is 17.5. The minimum absolute atomic E-state index is 0.00477. The zero-order valence-electron chi connectivity index (χ0n) is 29.7. The number of phenols is 1. The quantitative estimate of drug-likeness (QED) is 0.0723. The molecule has 1 atom stereocenters.